The van der Waals surface area contributed by atoms with Crippen molar-refractivity contribution in [3.8, 4) is 0 Å². The molecule has 1 aliphatic rings. The first kappa shape index (κ1) is 13.8. The van der Waals surface area contributed by atoms with Crippen molar-refractivity contribution in [2.45, 2.75) is 32.2 Å². The second kappa shape index (κ2) is 6.01. The van der Waals surface area contributed by atoms with Crippen LogP contribution in [0.25, 0.3) is 0 Å². The van der Waals surface area contributed by atoms with Gasteiger partial charge in [0, 0.05) is 25.6 Å². The molecule has 0 atom stereocenters. The first-order valence-corrected chi connectivity index (χ1v) is 7.21. The predicted molar refractivity (Wildman–Crippen MR) is 73.9 cm³/mol. The van der Waals surface area contributed by atoms with Crippen molar-refractivity contribution >= 4 is 28.3 Å². The molecule has 0 bridgehead atoms. The number of anilines is 1. The quantitative estimate of drug-likeness (QED) is 0.860. The molecule has 6 nitrogen and oxygen atoms in total. The van der Waals surface area contributed by atoms with Crippen LogP contribution in [-0.2, 0) is 4.79 Å². The summed E-state index contributed by atoms with van der Waals surface area (Å²) in [6.07, 6.45) is 3.62. The van der Waals surface area contributed by atoms with Gasteiger partial charge >= 0.3 is 0 Å². The molecule has 0 aliphatic carbocycles. The van der Waals surface area contributed by atoms with E-state index in [0.29, 0.717) is 29.5 Å². The molecule has 1 saturated heterocycles. The number of nitrogen functional groups attached to an aromatic ring is 1. The SMILES string of the molecule is CCC(=O)N1CCC(NC(=O)c2cnc(N)s2)CC1. The monoisotopic (exact) mass is 282 g/mol. The van der Waals surface area contributed by atoms with E-state index in [1.54, 1.807) is 0 Å². The van der Waals surface area contributed by atoms with Gasteiger partial charge in [-0.3, -0.25) is 9.59 Å². The van der Waals surface area contributed by atoms with Gasteiger partial charge in [0.1, 0.15) is 4.88 Å². The summed E-state index contributed by atoms with van der Waals surface area (Å²) < 4.78 is 0. The summed E-state index contributed by atoms with van der Waals surface area (Å²) in [6.45, 7) is 3.29. The molecule has 0 aromatic carbocycles. The molecule has 0 unspecified atom stereocenters. The summed E-state index contributed by atoms with van der Waals surface area (Å²) in [6, 6.07) is 0.122. The van der Waals surface area contributed by atoms with Crippen molar-refractivity contribution < 1.29 is 9.59 Å². The molecule has 2 amide bonds. The Hall–Kier alpha value is -1.63. The molecule has 3 N–H and O–H groups in total. The van der Waals surface area contributed by atoms with Gasteiger partial charge in [-0.1, -0.05) is 18.3 Å². The normalized spacial score (nSPS) is 16.4. The zero-order valence-electron chi connectivity index (χ0n) is 10.9. The number of amides is 2. The summed E-state index contributed by atoms with van der Waals surface area (Å²) in [5.41, 5.74) is 5.50. The van der Waals surface area contributed by atoms with Gasteiger partial charge in [0.05, 0.1) is 6.20 Å². The van der Waals surface area contributed by atoms with Crippen molar-refractivity contribution in [2.75, 3.05) is 18.8 Å². The Labute approximate surface area is 116 Å². The van der Waals surface area contributed by atoms with Crippen LogP contribution < -0.4 is 11.1 Å². The standard InChI is InChI=1S/C12H18N4O2S/c1-2-10(17)16-5-3-8(4-6-16)15-11(18)9-7-14-12(13)19-9/h7-8H,2-6H2,1H3,(H2,13,14)(H,15,18). The zero-order chi connectivity index (χ0) is 13.8. The molecule has 19 heavy (non-hydrogen) atoms. The number of aromatic nitrogens is 1. The molecule has 1 aromatic heterocycles. The highest BCUT2D eigenvalue weighted by Crippen LogP contribution is 2.16. The number of carbonyl (C=O) groups excluding carboxylic acids is 2. The molecule has 1 aliphatic heterocycles. The van der Waals surface area contributed by atoms with Crippen molar-refractivity contribution in [2.24, 2.45) is 0 Å². The van der Waals surface area contributed by atoms with Gasteiger partial charge in [-0.15, -0.1) is 0 Å². The largest absolute Gasteiger partial charge is 0.375 e. The Morgan fingerprint density at radius 1 is 1.53 bits per heavy atom. The molecule has 0 spiro atoms. The Bertz CT molecular complexity index is 466. The van der Waals surface area contributed by atoms with E-state index < -0.39 is 0 Å². The van der Waals surface area contributed by atoms with Crippen molar-refractivity contribution in [3.05, 3.63) is 11.1 Å². The molecular weight excluding hydrogens is 264 g/mol. The predicted octanol–water partition coefficient (Wildman–Crippen LogP) is 0.856. The summed E-state index contributed by atoms with van der Waals surface area (Å²) >= 11 is 1.18. The summed E-state index contributed by atoms with van der Waals surface area (Å²) in [4.78, 5) is 29.7. The third kappa shape index (κ3) is 3.44. The van der Waals surface area contributed by atoms with E-state index in [1.807, 2.05) is 11.8 Å². The van der Waals surface area contributed by atoms with Crippen LogP contribution in [0.4, 0.5) is 5.13 Å². The number of nitrogens with two attached hydrogens (primary N) is 1. The van der Waals surface area contributed by atoms with E-state index in [0.717, 1.165) is 12.8 Å². The highest BCUT2D eigenvalue weighted by molar-refractivity contribution is 7.17. The second-order valence-corrected chi connectivity index (χ2v) is 5.61. The van der Waals surface area contributed by atoms with E-state index in [2.05, 4.69) is 10.3 Å². The number of nitrogens with one attached hydrogen (secondary N) is 1. The van der Waals surface area contributed by atoms with E-state index in [-0.39, 0.29) is 17.9 Å². The number of likely N-dealkylation sites (tertiary alicyclic amines) is 1. The van der Waals surface area contributed by atoms with Gasteiger partial charge < -0.3 is 16.0 Å². The lowest BCUT2D eigenvalue weighted by Gasteiger charge is -2.32. The molecule has 104 valence electrons. The van der Waals surface area contributed by atoms with Crippen LogP contribution in [0.1, 0.15) is 35.9 Å². The lowest BCUT2D eigenvalue weighted by Crippen LogP contribution is -2.46. The van der Waals surface area contributed by atoms with E-state index >= 15 is 0 Å². The minimum absolute atomic E-state index is 0.122. The summed E-state index contributed by atoms with van der Waals surface area (Å²) in [7, 11) is 0. The van der Waals surface area contributed by atoms with Crippen LogP contribution in [-0.4, -0.2) is 40.8 Å². The molecule has 1 aromatic rings. The topological polar surface area (TPSA) is 88.3 Å². The minimum atomic E-state index is -0.130. The molecule has 7 heteroatoms. The number of nitrogens with zero attached hydrogens (tertiary/aromatic N) is 2. The maximum atomic E-state index is 11.9. The highest BCUT2D eigenvalue weighted by Gasteiger charge is 2.23. The maximum absolute atomic E-state index is 11.9. The molecule has 0 radical (unpaired) electrons. The number of thiazole rings is 1. The van der Waals surface area contributed by atoms with Crippen molar-refractivity contribution in [1.82, 2.24) is 15.2 Å². The van der Waals surface area contributed by atoms with Crippen LogP contribution in [0.15, 0.2) is 6.20 Å². The Kier molecular flexibility index (Phi) is 4.36. The Morgan fingerprint density at radius 3 is 2.74 bits per heavy atom. The van der Waals surface area contributed by atoms with Gasteiger partial charge in [0.25, 0.3) is 5.91 Å². The second-order valence-electron chi connectivity index (χ2n) is 4.54. The fourth-order valence-corrected chi connectivity index (χ4v) is 2.73. The average Bonchev–Trinajstić information content (AvgIpc) is 2.85. The number of carbonyl (C=O) groups is 2. The Morgan fingerprint density at radius 2 is 2.21 bits per heavy atom. The van der Waals surface area contributed by atoms with Gasteiger partial charge in [0.15, 0.2) is 5.13 Å². The van der Waals surface area contributed by atoms with E-state index in [1.165, 1.54) is 17.5 Å². The molecule has 2 heterocycles. The highest BCUT2D eigenvalue weighted by atomic mass is 32.1. The lowest BCUT2D eigenvalue weighted by atomic mass is 10.0. The third-order valence-electron chi connectivity index (χ3n) is 3.23. The first-order chi connectivity index (χ1) is 9.10. The molecule has 0 saturated carbocycles. The van der Waals surface area contributed by atoms with Gasteiger partial charge in [0.2, 0.25) is 5.91 Å². The minimum Gasteiger partial charge on any atom is -0.375 e. The molecule has 1 fully saturated rings. The van der Waals surface area contributed by atoms with Gasteiger partial charge in [-0.05, 0) is 12.8 Å². The molecular formula is C12H18N4O2S. The average molecular weight is 282 g/mol. The van der Waals surface area contributed by atoms with Crippen molar-refractivity contribution in [3.63, 3.8) is 0 Å². The van der Waals surface area contributed by atoms with Crippen LogP contribution in [0.5, 0.6) is 0 Å². The first-order valence-electron chi connectivity index (χ1n) is 6.40. The smallest absolute Gasteiger partial charge is 0.263 e. The van der Waals surface area contributed by atoms with E-state index in [9.17, 15) is 9.59 Å². The lowest BCUT2D eigenvalue weighted by molar-refractivity contribution is -0.131. The zero-order valence-corrected chi connectivity index (χ0v) is 11.7. The fourth-order valence-electron chi connectivity index (χ4n) is 2.15. The Balaban J connectivity index is 1.82. The third-order valence-corrected chi connectivity index (χ3v) is 4.06. The van der Waals surface area contributed by atoms with Crippen LogP contribution in [0.3, 0.4) is 0 Å². The van der Waals surface area contributed by atoms with Crippen molar-refractivity contribution in [1.29, 1.82) is 0 Å². The van der Waals surface area contributed by atoms with Crippen LogP contribution in [0, 0.1) is 0 Å². The number of hydrogen-bond acceptors (Lipinski definition) is 5. The number of hydrogen-bond donors (Lipinski definition) is 2. The molecule has 2 rings (SSSR count). The number of rotatable bonds is 3. The van der Waals surface area contributed by atoms with Crippen LogP contribution in [0.2, 0.25) is 0 Å². The maximum Gasteiger partial charge on any atom is 0.263 e. The van der Waals surface area contributed by atoms with Gasteiger partial charge in [-0.2, -0.15) is 0 Å². The summed E-state index contributed by atoms with van der Waals surface area (Å²) in [5.74, 6) is 0.0504. The van der Waals surface area contributed by atoms with Crippen LogP contribution >= 0.6 is 11.3 Å². The van der Waals surface area contributed by atoms with E-state index in [4.69, 9.17) is 5.73 Å². The number of piperidine rings is 1. The fraction of sp³-hybridized carbons (Fsp3) is 0.583. The van der Waals surface area contributed by atoms with Gasteiger partial charge in [-0.25, -0.2) is 4.98 Å². The summed E-state index contributed by atoms with van der Waals surface area (Å²) in [5, 5.41) is 3.36.